The lowest BCUT2D eigenvalue weighted by Gasteiger charge is -2.45. The summed E-state index contributed by atoms with van der Waals surface area (Å²) in [7, 11) is 0. The highest BCUT2D eigenvalue weighted by Gasteiger charge is 2.65. The molecule has 3 aliphatic heterocycles. The highest BCUT2D eigenvalue weighted by Crippen LogP contribution is 2.58. The van der Waals surface area contributed by atoms with Gasteiger partial charge in [0.05, 0.1) is 29.8 Å². The molecule has 0 spiro atoms. The number of ether oxygens (including phenoxy) is 2. The first-order valence-electron chi connectivity index (χ1n) is 14.2. The van der Waals surface area contributed by atoms with Crippen LogP contribution in [0.1, 0.15) is 76.8 Å². The van der Waals surface area contributed by atoms with E-state index in [1.54, 1.807) is 18.2 Å². The predicted octanol–water partition coefficient (Wildman–Crippen LogP) is 7.58. The number of halogens is 4. The number of hydrogen-bond donors (Lipinski definition) is 0. The fraction of sp³-hybridized carbons (Fsp3) is 0.562. The second-order valence-corrected chi connectivity index (χ2v) is 13.7. The maximum atomic E-state index is 15.9. The summed E-state index contributed by atoms with van der Waals surface area (Å²) < 4.78 is 43.3. The Morgan fingerprint density at radius 2 is 1.93 bits per heavy atom. The van der Waals surface area contributed by atoms with Gasteiger partial charge in [-0.25, -0.2) is 8.78 Å². The highest BCUT2D eigenvalue weighted by molar-refractivity contribution is 6.31. The molecule has 5 rings (SSSR count). The molecule has 2 aromatic rings. The monoisotopic (exact) mass is 604 g/mol. The van der Waals surface area contributed by atoms with Crippen LogP contribution in [0, 0.1) is 28.4 Å². The molecular weight excluding hydrogens is 569 g/mol. The number of Topliss-reactive ketones (excluding diaryl/α,β-unsaturated/α-hetero) is 1. The summed E-state index contributed by atoms with van der Waals surface area (Å²) in [5.74, 6) is -3.09. The van der Waals surface area contributed by atoms with Crippen molar-refractivity contribution in [2.75, 3.05) is 13.2 Å². The Morgan fingerprint density at radius 1 is 1.17 bits per heavy atom. The molecule has 3 fully saturated rings. The van der Waals surface area contributed by atoms with Gasteiger partial charge in [0.25, 0.3) is 0 Å². The van der Waals surface area contributed by atoms with Crippen molar-refractivity contribution < 1.29 is 23.0 Å². The predicted molar refractivity (Wildman–Crippen MR) is 154 cm³/mol. The number of fused-ring (bicyclic) bond motifs is 1. The van der Waals surface area contributed by atoms with Crippen molar-refractivity contribution in [3.63, 3.8) is 0 Å². The van der Waals surface area contributed by atoms with Crippen LogP contribution in [0.25, 0.3) is 0 Å². The summed E-state index contributed by atoms with van der Waals surface area (Å²) in [5, 5.41) is 11.1. The molecule has 3 saturated heterocycles. The van der Waals surface area contributed by atoms with Gasteiger partial charge in [-0.05, 0) is 75.3 Å². The van der Waals surface area contributed by atoms with Crippen LogP contribution in [-0.4, -0.2) is 47.8 Å². The molecule has 41 heavy (non-hydrogen) atoms. The summed E-state index contributed by atoms with van der Waals surface area (Å²) in [6.07, 6.45) is 2.58. The fourth-order valence-corrected chi connectivity index (χ4v) is 7.55. The first kappa shape index (κ1) is 30.4. The van der Waals surface area contributed by atoms with Crippen molar-refractivity contribution in [3.8, 4) is 6.07 Å². The zero-order chi connectivity index (χ0) is 29.7. The number of nitriles is 1. The quantitative estimate of drug-likeness (QED) is 0.326. The van der Waals surface area contributed by atoms with Crippen molar-refractivity contribution in [3.05, 3.63) is 69.2 Å². The number of hydrogen-bond acceptors (Lipinski definition) is 5. The third-order valence-corrected chi connectivity index (χ3v) is 9.63. The molecule has 0 bridgehead atoms. The largest absolute Gasteiger partial charge is 0.348 e. The number of carbonyl (C=O) groups excluding carboxylic acids is 1. The summed E-state index contributed by atoms with van der Waals surface area (Å²) in [6.45, 7) is 8.92. The molecule has 0 amide bonds. The first-order chi connectivity index (χ1) is 19.3. The summed E-state index contributed by atoms with van der Waals surface area (Å²) in [6, 6.07) is 9.95. The minimum Gasteiger partial charge on any atom is -0.348 e. The number of benzene rings is 2. The number of rotatable bonds is 7. The van der Waals surface area contributed by atoms with Gasteiger partial charge >= 0.3 is 0 Å². The van der Waals surface area contributed by atoms with Crippen LogP contribution in [0.4, 0.5) is 8.78 Å². The Hall–Kier alpha value is -2.08. The molecule has 5 atom stereocenters. The molecule has 3 aliphatic rings. The zero-order valence-electron chi connectivity index (χ0n) is 23.9. The molecule has 0 N–H and O–H groups in total. The van der Waals surface area contributed by atoms with E-state index in [2.05, 4.69) is 19.9 Å². The average Bonchev–Trinajstić information content (AvgIpc) is 3.38. The maximum Gasteiger partial charge on any atom is 0.163 e. The van der Waals surface area contributed by atoms with Crippen LogP contribution in [0.2, 0.25) is 10.0 Å². The molecule has 0 aromatic heterocycles. The van der Waals surface area contributed by atoms with E-state index in [4.69, 9.17) is 32.7 Å². The van der Waals surface area contributed by atoms with Crippen molar-refractivity contribution in [1.82, 2.24) is 4.90 Å². The smallest absolute Gasteiger partial charge is 0.163 e. The molecular formula is C32H36Cl2F2N2O3. The van der Waals surface area contributed by atoms with E-state index >= 15 is 8.78 Å². The van der Waals surface area contributed by atoms with E-state index in [0.29, 0.717) is 32.4 Å². The fourth-order valence-electron chi connectivity index (χ4n) is 7.21. The highest BCUT2D eigenvalue weighted by atomic mass is 35.5. The Labute approximate surface area is 250 Å². The van der Waals surface area contributed by atoms with Gasteiger partial charge in [0.1, 0.15) is 17.0 Å². The minimum absolute atomic E-state index is 0.108. The van der Waals surface area contributed by atoms with Gasteiger partial charge in [0, 0.05) is 29.0 Å². The molecule has 9 heteroatoms. The number of carbonyl (C=O) groups is 1. The van der Waals surface area contributed by atoms with Crippen LogP contribution < -0.4 is 0 Å². The van der Waals surface area contributed by atoms with Gasteiger partial charge in [0.15, 0.2) is 11.6 Å². The van der Waals surface area contributed by atoms with Crippen LogP contribution in [-0.2, 0) is 19.7 Å². The van der Waals surface area contributed by atoms with Crippen molar-refractivity contribution in [2.24, 2.45) is 5.41 Å². The summed E-state index contributed by atoms with van der Waals surface area (Å²) in [5.41, 5.74) is -1.47. The maximum absolute atomic E-state index is 15.9. The van der Waals surface area contributed by atoms with Gasteiger partial charge in [-0.3, -0.25) is 9.69 Å². The first-order valence-corrected chi connectivity index (χ1v) is 15.0. The van der Waals surface area contributed by atoms with Crippen LogP contribution in [0.3, 0.4) is 0 Å². The van der Waals surface area contributed by atoms with E-state index in [0.717, 1.165) is 6.42 Å². The second-order valence-electron chi connectivity index (χ2n) is 12.9. The molecule has 0 saturated carbocycles. The van der Waals surface area contributed by atoms with E-state index in [-0.39, 0.29) is 44.9 Å². The molecule has 0 unspecified atom stereocenters. The lowest BCUT2D eigenvalue weighted by atomic mass is 9.61. The molecule has 2 aromatic carbocycles. The van der Waals surface area contributed by atoms with Crippen molar-refractivity contribution in [1.29, 1.82) is 5.26 Å². The van der Waals surface area contributed by atoms with Crippen molar-refractivity contribution in [2.45, 2.75) is 95.1 Å². The van der Waals surface area contributed by atoms with Gasteiger partial charge in [0.2, 0.25) is 0 Å². The topological polar surface area (TPSA) is 62.6 Å². The number of piperidine rings is 1. The van der Waals surface area contributed by atoms with Crippen LogP contribution in [0.5, 0.6) is 0 Å². The Kier molecular flexibility index (Phi) is 8.30. The molecule has 5 nitrogen and oxygen atoms in total. The lowest BCUT2D eigenvalue weighted by molar-refractivity contribution is -0.139. The van der Waals surface area contributed by atoms with Crippen LogP contribution >= 0.6 is 23.2 Å². The number of ketones is 1. The van der Waals surface area contributed by atoms with Gasteiger partial charge in [-0.2, -0.15) is 5.26 Å². The molecule has 3 heterocycles. The minimum atomic E-state index is -1.56. The van der Waals surface area contributed by atoms with Gasteiger partial charge in [-0.1, -0.05) is 55.2 Å². The van der Waals surface area contributed by atoms with Crippen molar-refractivity contribution >= 4 is 29.0 Å². The average molecular weight is 606 g/mol. The zero-order valence-corrected chi connectivity index (χ0v) is 25.4. The summed E-state index contributed by atoms with van der Waals surface area (Å²) >= 11 is 12.4. The van der Waals surface area contributed by atoms with Gasteiger partial charge < -0.3 is 9.47 Å². The van der Waals surface area contributed by atoms with Crippen LogP contribution in [0.15, 0.2) is 36.4 Å². The Bertz CT molecular complexity index is 1380. The summed E-state index contributed by atoms with van der Waals surface area (Å²) in [4.78, 5) is 16.3. The standard InChI is InChI=1S/C32H36Cl2F2N2O3/c1-30(2)13-14-38-26(16-30)32(18-37,22-12-11-19(33)15-24(22)35)27(21-8-6-9-23(34)28(21)36)29(38)25(39)10-5-7-20-17-40-31(3,4)41-20/h6,8-9,11-12,15,20,26-27,29H,5,7,10,13-14,16-17H2,1-4H3/t20-,26-,27-,29-,32-/m0/s1. The number of nitrogens with zero attached hydrogens (tertiary/aromatic N) is 2. The normalized spacial score (nSPS) is 30.6. The molecule has 220 valence electrons. The second kappa shape index (κ2) is 11.2. The lowest BCUT2D eigenvalue weighted by Crippen LogP contribution is -2.51. The third-order valence-electron chi connectivity index (χ3n) is 9.11. The van der Waals surface area contributed by atoms with E-state index in [1.165, 1.54) is 18.2 Å². The van der Waals surface area contributed by atoms with Gasteiger partial charge in [-0.15, -0.1) is 0 Å². The van der Waals surface area contributed by atoms with E-state index < -0.39 is 40.8 Å². The molecule has 0 radical (unpaired) electrons. The SMILES string of the molecule is CC1(C)CCN2[C@@H](C1)[C@](C#N)(c1ccc(Cl)cc1F)[C@@H](c1cccc(Cl)c1F)[C@@H]2C(=O)CCC[C@H]1COC(C)(C)O1. The third kappa shape index (κ3) is 5.55. The molecule has 0 aliphatic carbocycles. The van der Waals surface area contributed by atoms with E-state index in [1.807, 2.05) is 18.7 Å². The Balaban J connectivity index is 1.61. The van der Waals surface area contributed by atoms with E-state index in [9.17, 15) is 10.1 Å². The Morgan fingerprint density at radius 3 is 2.59 bits per heavy atom.